The number of likely N-dealkylation sites (tertiary alicyclic amines) is 1. The Hall–Kier alpha value is -0.660. The highest BCUT2D eigenvalue weighted by Crippen LogP contribution is 2.26. The molecule has 0 spiro atoms. The number of carbonyl (C=O) groups excluding carboxylic acids is 1. The molecule has 2 saturated heterocycles. The van der Waals surface area contributed by atoms with Crippen LogP contribution >= 0.6 is 22.6 Å². The van der Waals surface area contributed by atoms with Crippen LogP contribution in [0.2, 0.25) is 0 Å². The van der Waals surface area contributed by atoms with Crippen LogP contribution in [-0.4, -0.2) is 43.5 Å². The first-order valence-corrected chi connectivity index (χ1v) is 8.27. The van der Waals surface area contributed by atoms with Gasteiger partial charge in [0.2, 0.25) is 5.91 Å². The van der Waals surface area contributed by atoms with Gasteiger partial charge in [0, 0.05) is 10.1 Å². The van der Waals surface area contributed by atoms with Crippen molar-refractivity contribution in [1.29, 1.82) is 0 Å². The van der Waals surface area contributed by atoms with Crippen LogP contribution in [-0.2, 0) is 4.79 Å². The van der Waals surface area contributed by atoms with Crippen molar-refractivity contribution in [1.82, 2.24) is 10.2 Å². The largest absolute Gasteiger partial charge is 0.324 e. The molecule has 108 valence electrons. The number of nitrogens with one attached hydrogen (secondary N) is 2. The predicted molar refractivity (Wildman–Crippen MR) is 88.7 cm³/mol. The van der Waals surface area contributed by atoms with Gasteiger partial charge in [-0.05, 0) is 72.6 Å². The Morgan fingerprint density at radius 2 is 2.15 bits per heavy atom. The molecule has 2 unspecified atom stereocenters. The quantitative estimate of drug-likeness (QED) is 0.780. The highest BCUT2D eigenvalue weighted by molar-refractivity contribution is 14.1. The number of benzene rings is 1. The minimum atomic E-state index is 0.0959. The van der Waals surface area contributed by atoms with E-state index in [0.29, 0.717) is 6.54 Å². The molecule has 0 bridgehead atoms. The fourth-order valence-corrected chi connectivity index (χ4v) is 3.73. The Kier molecular flexibility index (Phi) is 4.58. The van der Waals surface area contributed by atoms with Crippen LogP contribution in [0.3, 0.4) is 0 Å². The number of piperidine rings is 1. The molecule has 1 amide bonds. The van der Waals surface area contributed by atoms with Crippen molar-refractivity contribution in [3.63, 3.8) is 0 Å². The normalized spacial score (nSPS) is 26.2. The van der Waals surface area contributed by atoms with E-state index in [2.05, 4.69) is 38.1 Å². The molecule has 1 aromatic rings. The molecule has 2 aliphatic rings. The van der Waals surface area contributed by atoms with Gasteiger partial charge in [-0.25, -0.2) is 0 Å². The molecule has 3 rings (SSSR count). The monoisotopic (exact) mass is 385 g/mol. The zero-order valence-corrected chi connectivity index (χ0v) is 13.6. The summed E-state index contributed by atoms with van der Waals surface area (Å²) in [5, 5.41) is 6.47. The lowest BCUT2D eigenvalue weighted by molar-refractivity contribution is -0.117. The van der Waals surface area contributed by atoms with E-state index in [-0.39, 0.29) is 5.91 Å². The van der Waals surface area contributed by atoms with Gasteiger partial charge >= 0.3 is 0 Å². The maximum absolute atomic E-state index is 12.2. The Balaban J connectivity index is 1.53. The second-order valence-electron chi connectivity index (χ2n) is 5.73. The summed E-state index contributed by atoms with van der Waals surface area (Å²) >= 11 is 2.25. The van der Waals surface area contributed by atoms with Crippen LogP contribution < -0.4 is 10.6 Å². The van der Waals surface area contributed by atoms with Gasteiger partial charge in [0.1, 0.15) is 0 Å². The van der Waals surface area contributed by atoms with Crippen molar-refractivity contribution >= 4 is 34.2 Å². The molecule has 2 fully saturated rings. The first-order valence-electron chi connectivity index (χ1n) is 7.20. The first-order chi connectivity index (χ1) is 9.72. The Labute approximate surface area is 133 Å². The lowest BCUT2D eigenvalue weighted by Gasteiger charge is -2.33. The number of hydrogen-bond donors (Lipinski definition) is 2. The maximum atomic E-state index is 12.2. The summed E-state index contributed by atoms with van der Waals surface area (Å²) < 4.78 is 1.08. The minimum absolute atomic E-state index is 0.0959. The highest BCUT2D eigenvalue weighted by atomic mass is 127. The third-order valence-corrected chi connectivity index (χ3v) is 5.24. The summed E-state index contributed by atoms with van der Waals surface area (Å²) in [6, 6.07) is 7.89. The Morgan fingerprint density at radius 3 is 3.00 bits per heavy atom. The van der Waals surface area contributed by atoms with E-state index >= 15 is 0 Å². The van der Waals surface area contributed by atoms with Crippen LogP contribution in [0.25, 0.3) is 0 Å². The molecule has 1 aromatic carbocycles. The van der Waals surface area contributed by atoms with Crippen molar-refractivity contribution in [2.75, 3.05) is 38.0 Å². The molecule has 0 radical (unpaired) electrons. The number of hydrogen-bond acceptors (Lipinski definition) is 3. The lowest BCUT2D eigenvalue weighted by atomic mass is 9.89. The molecule has 0 aromatic heterocycles. The second kappa shape index (κ2) is 6.41. The van der Waals surface area contributed by atoms with Crippen LogP contribution in [0, 0.1) is 15.4 Å². The fourth-order valence-electron chi connectivity index (χ4n) is 3.21. The van der Waals surface area contributed by atoms with Crippen molar-refractivity contribution in [2.24, 2.45) is 11.8 Å². The summed E-state index contributed by atoms with van der Waals surface area (Å²) in [5.41, 5.74) is 0.913. The van der Waals surface area contributed by atoms with Crippen molar-refractivity contribution in [3.05, 3.63) is 27.8 Å². The fraction of sp³-hybridized carbons (Fsp3) is 0.533. The molecule has 0 saturated carbocycles. The van der Waals surface area contributed by atoms with Gasteiger partial charge in [0.05, 0.1) is 12.2 Å². The highest BCUT2D eigenvalue weighted by Gasteiger charge is 2.33. The van der Waals surface area contributed by atoms with Crippen LogP contribution in [0.4, 0.5) is 5.69 Å². The molecule has 4 nitrogen and oxygen atoms in total. The van der Waals surface area contributed by atoms with Crippen molar-refractivity contribution < 1.29 is 4.79 Å². The zero-order valence-electron chi connectivity index (χ0n) is 11.4. The molecule has 2 heterocycles. The summed E-state index contributed by atoms with van der Waals surface area (Å²) in [7, 11) is 0. The number of anilines is 1. The van der Waals surface area contributed by atoms with E-state index in [9.17, 15) is 4.79 Å². The average Bonchev–Trinajstić information content (AvgIpc) is 2.89. The van der Waals surface area contributed by atoms with Crippen LogP contribution in [0.1, 0.15) is 6.42 Å². The topological polar surface area (TPSA) is 44.4 Å². The standard InChI is InChI=1S/C15H20IN3O/c16-13-3-1-2-4-14(13)18-15(20)10-19-6-5-11-7-17-8-12(11)9-19/h1-4,11-12,17H,5-10H2,(H,18,20). The van der Waals surface area contributed by atoms with Gasteiger partial charge in [-0.1, -0.05) is 12.1 Å². The SMILES string of the molecule is O=C(CN1CCC2CNCC2C1)Nc1ccccc1I. The number of nitrogens with zero attached hydrogens (tertiary/aromatic N) is 1. The molecule has 2 aliphatic heterocycles. The molecule has 0 aliphatic carbocycles. The number of amides is 1. The van der Waals surface area contributed by atoms with Gasteiger partial charge in [-0.2, -0.15) is 0 Å². The van der Waals surface area contributed by atoms with Gasteiger partial charge in [-0.15, -0.1) is 0 Å². The van der Waals surface area contributed by atoms with Crippen LogP contribution in [0.5, 0.6) is 0 Å². The summed E-state index contributed by atoms with van der Waals surface area (Å²) in [6.07, 6.45) is 1.22. The van der Waals surface area contributed by atoms with E-state index < -0.39 is 0 Å². The minimum Gasteiger partial charge on any atom is -0.324 e. The number of para-hydroxylation sites is 1. The number of halogens is 1. The zero-order chi connectivity index (χ0) is 13.9. The second-order valence-corrected chi connectivity index (χ2v) is 6.89. The average molecular weight is 385 g/mol. The molecule has 20 heavy (non-hydrogen) atoms. The molecule has 2 atom stereocenters. The van der Waals surface area contributed by atoms with Gasteiger partial charge in [-0.3, -0.25) is 9.69 Å². The third-order valence-electron chi connectivity index (χ3n) is 4.30. The smallest absolute Gasteiger partial charge is 0.238 e. The van der Waals surface area contributed by atoms with E-state index in [0.717, 1.165) is 47.3 Å². The summed E-state index contributed by atoms with van der Waals surface area (Å²) in [6.45, 7) is 4.87. The molecular formula is C15H20IN3O. The lowest BCUT2D eigenvalue weighted by Crippen LogP contribution is -2.43. The molecule has 5 heteroatoms. The Morgan fingerprint density at radius 1 is 1.35 bits per heavy atom. The number of rotatable bonds is 3. The molecule has 2 N–H and O–H groups in total. The van der Waals surface area contributed by atoms with Gasteiger partial charge < -0.3 is 10.6 Å². The number of fused-ring (bicyclic) bond motifs is 1. The Bertz CT molecular complexity index is 494. The van der Waals surface area contributed by atoms with Crippen molar-refractivity contribution in [3.8, 4) is 0 Å². The predicted octanol–water partition coefficient (Wildman–Crippen LogP) is 1.77. The van der Waals surface area contributed by atoms with Crippen LogP contribution in [0.15, 0.2) is 24.3 Å². The van der Waals surface area contributed by atoms with E-state index in [4.69, 9.17) is 0 Å². The maximum Gasteiger partial charge on any atom is 0.238 e. The van der Waals surface area contributed by atoms with E-state index in [1.54, 1.807) is 0 Å². The van der Waals surface area contributed by atoms with E-state index in [1.807, 2.05) is 24.3 Å². The van der Waals surface area contributed by atoms with Crippen molar-refractivity contribution in [2.45, 2.75) is 6.42 Å². The van der Waals surface area contributed by atoms with Gasteiger partial charge in [0.15, 0.2) is 0 Å². The summed E-state index contributed by atoms with van der Waals surface area (Å²) in [4.78, 5) is 14.4. The summed E-state index contributed by atoms with van der Waals surface area (Å²) in [5.74, 6) is 1.65. The first kappa shape index (κ1) is 14.3. The molecular weight excluding hydrogens is 365 g/mol. The third kappa shape index (κ3) is 3.32. The van der Waals surface area contributed by atoms with Gasteiger partial charge in [0.25, 0.3) is 0 Å². The number of carbonyl (C=O) groups is 1. The van der Waals surface area contributed by atoms with E-state index in [1.165, 1.54) is 6.42 Å².